The number of benzene rings is 1. The van der Waals surface area contributed by atoms with Crippen molar-refractivity contribution in [2.24, 2.45) is 0 Å². The average molecular weight is 266 g/mol. The van der Waals surface area contributed by atoms with Crippen LogP contribution < -0.4 is 10.1 Å². The first-order valence-corrected chi connectivity index (χ1v) is 6.33. The van der Waals surface area contributed by atoms with Gasteiger partial charge in [-0.25, -0.2) is 0 Å². The van der Waals surface area contributed by atoms with E-state index in [0.29, 0.717) is 25.8 Å². The van der Waals surface area contributed by atoms with E-state index in [1.165, 1.54) is 12.8 Å². The van der Waals surface area contributed by atoms with Crippen molar-refractivity contribution in [3.8, 4) is 5.75 Å². The van der Waals surface area contributed by atoms with Crippen molar-refractivity contribution in [3.05, 3.63) is 33.9 Å². The quantitative estimate of drug-likeness (QED) is 0.442. The lowest BCUT2D eigenvalue weighted by Gasteiger charge is -2.08. The minimum Gasteiger partial charge on any atom is -0.484 e. The first-order chi connectivity index (χ1) is 9.20. The lowest BCUT2D eigenvalue weighted by atomic mass is 10.2. The Labute approximate surface area is 111 Å². The Morgan fingerprint density at radius 3 is 2.84 bits per heavy atom. The van der Waals surface area contributed by atoms with Gasteiger partial charge < -0.3 is 14.8 Å². The summed E-state index contributed by atoms with van der Waals surface area (Å²) in [6.45, 7) is 1.36. The number of hydrogen-bond donors (Lipinski definition) is 1. The van der Waals surface area contributed by atoms with Gasteiger partial charge in [-0.05, 0) is 24.5 Å². The number of hydrogen-bond acceptors (Lipinski definition) is 5. The van der Waals surface area contributed by atoms with Crippen LogP contribution in [-0.4, -0.2) is 31.3 Å². The van der Waals surface area contributed by atoms with E-state index in [9.17, 15) is 10.1 Å². The molecule has 1 aromatic rings. The summed E-state index contributed by atoms with van der Waals surface area (Å²) in [6.07, 6.45) is 2.39. The van der Waals surface area contributed by atoms with Gasteiger partial charge in [0.2, 0.25) is 0 Å². The van der Waals surface area contributed by atoms with Gasteiger partial charge in [-0.3, -0.25) is 10.1 Å². The topological polar surface area (TPSA) is 73.6 Å². The van der Waals surface area contributed by atoms with Gasteiger partial charge >= 0.3 is 5.69 Å². The van der Waals surface area contributed by atoms with Crippen LogP contribution in [0.2, 0.25) is 0 Å². The van der Waals surface area contributed by atoms with Crippen molar-refractivity contribution < 1.29 is 14.4 Å². The highest BCUT2D eigenvalue weighted by Crippen LogP contribution is 2.28. The maximum absolute atomic E-state index is 11.0. The van der Waals surface area contributed by atoms with E-state index in [2.05, 4.69) is 5.32 Å². The molecule has 19 heavy (non-hydrogen) atoms. The molecule has 0 bridgehead atoms. The van der Waals surface area contributed by atoms with Crippen LogP contribution in [0.1, 0.15) is 18.4 Å². The number of nitrogens with zero attached hydrogens (tertiary/aromatic N) is 1. The molecule has 0 aromatic heterocycles. The maximum Gasteiger partial charge on any atom is 0.311 e. The zero-order valence-electron chi connectivity index (χ0n) is 10.9. The fourth-order valence-corrected chi connectivity index (χ4v) is 1.72. The molecule has 0 atom stereocenters. The number of ether oxygens (including phenoxy) is 2. The van der Waals surface area contributed by atoms with Crippen LogP contribution in [0.15, 0.2) is 18.2 Å². The Bertz CT molecular complexity index is 446. The van der Waals surface area contributed by atoms with Gasteiger partial charge in [0.05, 0.1) is 11.5 Å². The van der Waals surface area contributed by atoms with E-state index in [-0.39, 0.29) is 11.4 Å². The van der Waals surface area contributed by atoms with Crippen LogP contribution in [0.25, 0.3) is 0 Å². The molecule has 1 aliphatic rings. The van der Waals surface area contributed by atoms with Gasteiger partial charge in [-0.1, -0.05) is 6.07 Å². The lowest BCUT2D eigenvalue weighted by molar-refractivity contribution is -0.385. The van der Waals surface area contributed by atoms with Crippen LogP contribution in [0.5, 0.6) is 5.75 Å². The van der Waals surface area contributed by atoms with Crippen molar-refractivity contribution in [2.75, 3.05) is 20.3 Å². The maximum atomic E-state index is 11.0. The summed E-state index contributed by atoms with van der Waals surface area (Å²) in [5.74, 6) is 0.289. The van der Waals surface area contributed by atoms with E-state index in [4.69, 9.17) is 9.47 Å². The summed E-state index contributed by atoms with van der Waals surface area (Å²) >= 11 is 0. The van der Waals surface area contributed by atoms with Gasteiger partial charge in [0.1, 0.15) is 6.61 Å². The van der Waals surface area contributed by atoms with E-state index >= 15 is 0 Å². The number of nitrogens with one attached hydrogen (secondary N) is 1. The van der Waals surface area contributed by atoms with E-state index in [1.807, 2.05) is 6.07 Å². The number of rotatable bonds is 8. The number of methoxy groups -OCH3 is 1. The summed E-state index contributed by atoms with van der Waals surface area (Å²) in [5.41, 5.74) is 0.906. The Balaban J connectivity index is 2.02. The molecule has 2 rings (SSSR count). The third kappa shape index (κ3) is 4.18. The molecule has 1 fully saturated rings. The van der Waals surface area contributed by atoms with Crippen molar-refractivity contribution >= 4 is 5.69 Å². The molecule has 0 heterocycles. The molecule has 0 aliphatic heterocycles. The second-order valence-corrected chi connectivity index (χ2v) is 4.56. The minimum absolute atomic E-state index is 0.00574. The normalized spacial score (nSPS) is 14.4. The summed E-state index contributed by atoms with van der Waals surface area (Å²) in [5, 5.41) is 14.4. The third-order valence-electron chi connectivity index (χ3n) is 2.94. The van der Waals surface area contributed by atoms with Gasteiger partial charge in [0.15, 0.2) is 5.75 Å². The zero-order valence-corrected chi connectivity index (χ0v) is 10.9. The molecular formula is C13H18N2O4. The summed E-state index contributed by atoms with van der Waals surface area (Å²) in [4.78, 5) is 10.6. The van der Waals surface area contributed by atoms with Crippen LogP contribution >= 0.6 is 0 Å². The highest BCUT2D eigenvalue weighted by molar-refractivity contribution is 5.48. The van der Waals surface area contributed by atoms with Gasteiger partial charge in [-0.15, -0.1) is 0 Å². The van der Waals surface area contributed by atoms with Crippen molar-refractivity contribution in [3.63, 3.8) is 0 Å². The highest BCUT2D eigenvalue weighted by atomic mass is 16.6. The Morgan fingerprint density at radius 1 is 1.42 bits per heavy atom. The summed E-state index contributed by atoms with van der Waals surface area (Å²) in [7, 11) is 1.56. The standard InChI is InChI=1S/C13H18N2O4/c1-18-6-7-19-13-5-2-10(8-12(13)15(16)17)9-14-11-3-4-11/h2,5,8,11,14H,3-4,6-7,9H2,1H3. The molecule has 0 amide bonds. The molecular weight excluding hydrogens is 248 g/mol. The predicted octanol–water partition coefficient (Wildman–Crippen LogP) is 1.87. The fraction of sp³-hybridized carbons (Fsp3) is 0.538. The lowest BCUT2D eigenvalue weighted by Crippen LogP contribution is -2.15. The van der Waals surface area contributed by atoms with Gasteiger partial charge in [-0.2, -0.15) is 0 Å². The molecule has 0 radical (unpaired) electrons. The van der Waals surface area contributed by atoms with Crippen LogP contribution in [-0.2, 0) is 11.3 Å². The molecule has 1 saturated carbocycles. The van der Waals surface area contributed by atoms with Gasteiger partial charge in [0, 0.05) is 25.8 Å². The second kappa shape index (κ2) is 6.49. The fourth-order valence-electron chi connectivity index (χ4n) is 1.72. The van der Waals surface area contributed by atoms with Crippen LogP contribution in [0, 0.1) is 10.1 Å². The monoisotopic (exact) mass is 266 g/mol. The van der Waals surface area contributed by atoms with Gasteiger partial charge in [0.25, 0.3) is 0 Å². The van der Waals surface area contributed by atoms with Crippen LogP contribution in [0.3, 0.4) is 0 Å². The van der Waals surface area contributed by atoms with Crippen molar-refractivity contribution in [1.82, 2.24) is 5.32 Å². The zero-order chi connectivity index (χ0) is 13.7. The van der Waals surface area contributed by atoms with Crippen molar-refractivity contribution in [1.29, 1.82) is 0 Å². The summed E-state index contributed by atoms with van der Waals surface area (Å²) in [6, 6.07) is 5.65. The first kappa shape index (κ1) is 13.8. The predicted molar refractivity (Wildman–Crippen MR) is 70.3 cm³/mol. The SMILES string of the molecule is COCCOc1ccc(CNC2CC2)cc1[N+](=O)[O-]. The molecule has 1 N–H and O–H groups in total. The van der Waals surface area contributed by atoms with Crippen molar-refractivity contribution in [2.45, 2.75) is 25.4 Å². The molecule has 6 heteroatoms. The second-order valence-electron chi connectivity index (χ2n) is 4.56. The molecule has 6 nitrogen and oxygen atoms in total. The average Bonchev–Trinajstić information content (AvgIpc) is 3.21. The third-order valence-corrected chi connectivity index (χ3v) is 2.94. The first-order valence-electron chi connectivity index (χ1n) is 6.33. The minimum atomic E-state index is -0.414. The van der Waals surface area contributed by atoms with E-state index < -0.39 is 4.92 Å². The summed E-state index contributed by atoms with van der Waals surface area (Å²) < 4.78 is 10.2. The molecule has 0 spiro atoms. The van der Waals surface area contributed by atoms with E-state index in [1.54, 1.807) is 19.2 Å². The largest absolute Gasteiger partial charge is 0.484 e. The highest BCUT2D eigenvalue weighted by Gasteiger charge is 2.21. The smallest absolute Gasteiger partial charge is 0.311 e. The number of nitro groups is 1. The Hall–Kier alpha value is -1.66. The molecule has 1 aliphatic carbocycles. The molecule has 0 unspecified atom stereocenters. The Kier molecular flexibility index (Phi) is 4.70. The van der Waals surface area contributed by atoms with Crippen LogP contribution in [0.4, 0.5) is 5.69 Å². The Morgan fingerprint density at radius 2 is 2.21 bits per heavy atom. The van der Waals surface area contributed by atoms with E-state index in [0.717, 1.165) is 5.56 Å². The molecule has 1 aromatic carbocycles. The molecule has 0 saturated heterocycles. The molecule has 104 valence electrons. The number of nitro benzene ring substituents is 1.